The largest absolute Gasteiger partial charge is 0.478 e. The maximum absolute atomic E-state index is 10.6. The predicted molar refractivity (Wildman–Crippen MR) is 51.1 cm³/mol. The van der Waals surface area contributed by atoms with Gasteiger partial charge in [-0.2, -0.15) is 0 Å². The Morgan fingerprint density at radius 3 is 3.00 bits per heavy atom. The van der Waals surface area contributed by atoms with Crippen LogP contribution in [0.5, 0.6) is 0 Å². The van der Waals surface area contributed by atoms with E-state index in [9.17, 15) is 4.79 Å². The van der Waals surface area contributed by atoms with Gasteiger partial charge in [-0.3, -0.25) is 0 Å². The van der Waals surface area contributed by atoms with Crippen LogP contribution in [0.15, 0.2) is 11.4 Å². The Bertz CT molecular complexity index is 317. The molecule has 1 fully saturated rings. The maximum Gasteiger partial charge on any atom is 0.336 e. The lowest BCUT2D eigenvalue weighted by Gasteiger charge is -1.97. The third-order valence-electron chi connectivity index (χ3n) is 2.04. The molecule has 0 unspecified atom stereocenters. The first-order chi connectivity index (χ1) is 6.25. The van der Waals surface area contributed by atoms with Crippen molar-refractivity contribution in [3.63, 3.8) is 0 Å². The van der Waals surface area contributed by atoms with Gasteiger partial charge < -0.3 is 10.4 Å². The van der Waals surface area contributed by atoms with Crippen molar-refractivity contribution in [3.05, 3.63) is 21.9 Å². The highest BCUT2D eigenvalue weighted by atomic mass is 32.1. The zero-order valence-corrected chi connectivity index (χ0v) is 7.93. The molecule has 1 aromatic heterocycles. The summed E-state index contributed by atoms with van der Waals surface area (Å²) in [4.78, 5) is 11.7. The van der Waals surface area contributed by atoms with Crippen LogP contribution in [0.1, 0.15) is 28.1 Å². The lowest BCUT2D eigenvalue weighted by Crippen LogP contribution is -2.14. The molecule has 2 N–H and O–H groups in total. The zero-order valence-electron chi connectivity index (χ0n) is 7.12. The molecule has 0 bridgehead atoms. The molecular formula is C9H11NO2S. The fourth-order valence-electron chi connectivity index (χ4n) is 1.12. The van der Waals surface area contributed by atoms with Gasteiger partial charge in [-0.25, -0.2) is 4.79 Å². The van der Waals surface area contributed by atoms with Gasteiger partial charge in [0.25, 0.3) is 0 Å². The molecule has 0 atom stereocenters. The first-order valence-electron chi connectivity index (χ1n) is 4.30. The van der Waals surface area contributed by atoms with Gasteiger partial charge in [-0.15, -0.1) is 11.3 Å². The van der Waals surface area contributed by atoms with E-state index >= 15 is 0 Å². The van der Waals surface area contributed by atoms with Crippen LogP contribution < -0.4 is 5.32 Å². The summed E-state index contributed by atoms with van der Waals surface area (Å²) in [6.07, 6.45) is 2.52. The summed E-state index contributed by atoms with van der Waals surface area (Å²) >= 11 is 1.50. The molecule has 1 aliphatic rings. The first-order valence-corrected chi connectivity index (χ1v) is 5.18. The Labute approximate surface area is 80.4 Å². The van der Waals surface area contributed by atoms with Gasteiger partial charge in [0, 0.05) is 22.8 Å². The van der Waals surface area contributed by atoms with E-state index in [1.807, 2.05) is 0 Å². The monoisotopic (exact) mass is 197 g/mol. The number of thiophene rings is 1. The number of carboxylic acid groups (broad SMARTS) is 1. The lowest BCUT2D eigenvalue weighted by molar-refractivity contribution is 0.0697. The molecule has 13 heavy (non-hydrogen) atoms. The molecule has 70 valence electrons. The van der Waals surface area contributed by atoms with Gasteiger partial charge in [-0.05, 0) is 18.9 Å². The number of aromatic carboxylic acids is 1. The lowest BCUT2D eigenvalue weighted by atomic mass is 10.3. The minimum atomic E-state index is -0.839. The summed E-state index contributed by atoms with van der Waals surface area (Å²) in [5.74, 6) is -0.839. The van der Waals surface area contributed by atoms with Crippen molar-refractivity contribution in [2.75, 3.05) is 0 Å². The van der Waals surface area contributed by atoms with Crippen molar-refractivity contribution >= 4 is 17.3 Å². The molecule has 0 radical (unpaired) electrons. The van der Waals surface area contributed by atoms with Gasteiger partial charge in [0.1, 0.15) is 0 Å². The van der Waals surface area contributed by atoms with E-state index in [1.165, 1.54) is 24.2 Å². The number of carbonyl (C=O) groups is 1. The molecule has 3 nitrogen and oxygen atoms in total. The average Bonchev–Trinajstić information content (AvgIpc) is 2.79. The summed E-state index contributed by atoms with van der Waals surface area (Å²) in [5.41, 5.74) is 0.401. The van der Waals surface area contributed by atoms with E-state index in [-0.39, 0.29) is 0 Å². The van der Waals surface area contributed by atoms with Crippen LogP contribution >= 0.6 is 11.3 Å². The van der Waals surface area contributed by atoms with Crippen LogP contribution in [-0.4, -0.2) is 17.1 Å². The first kappa shape index (κ1) is 8.72. The summed E-state index contributed by atoms with van der Waals surface area (Å²) in [7, 11) is 0. The Morgan fingerprint density at radius 1 is 1.69 bits per heavy atom. The van der Waals surface area contributed by atoms with Crippen molar-refractivity contribution in [3.8, 4) is 0 Å². The van der Waals surface area contributed by atoms with Crippen LogP contribution in [0.3, 0.4) is 0 Å². The molecule has 0 saturated heterocycles. The van der Waals surface area contributed by atoms with E-state index in [1.54, 1.807) is 11.4 Å². The normalized spacial score (nSPS) is 16.0. The Morgan fingerprint density at radius 2 is 2.46 bits per heavy atom. The van der Waals surface area contributed by atoms with Gasteiger partial charge >= 0.3 is 5.97 Å². The fraction of sp³-hybridized carbons (Fsp3) is 0.444. The van der Waals surface area contributed by atoms with Crippen molar-refractivity contribution in [2.24, 2.45) is 0 Å². The molecular weight excluding hydrogens is 186 g/mol. The standard InChI is InChI=1S/C9H11NO2S/c11-9(12)6-3-8(13-5-6)4-10-7-1-2-7/h3,5,7,10H,1-2,4H2,(H,11,12). The molecule has 1 heterocycles. The van der Waals surface area contributed by atoms with Gasteiger partial charge in [0.05, 0.1) is 5.56 Å². The van der Waals surface area contributed by atoms with Crippen molar-refractivity contribution < 1.29 is 9.90 Å². The molecule has 0 amide bonds. The van der Waals surface area contributed by atoms with E-state index in [0.29, 0.717) is 11.6 Å². The van der Waals surface area contributed by atoms with Crippen LogP contribution in [0.4, 0.5) is 0 Å². The third kappa shape index (κ3) is 2.29. The summed E-state index contributed by atoms with van der Waals surface area (Å²) in [6.45, 7) is 0.808. The second-order valence-corrected chi connectivity index (χ2v) is 4.26. The van der Waals surface area contributed by atoms with Crippen LogP contribution in [0.2, 0.25) is 0 Å². The zero-order chi connectivity index (χ0) is 9.26. The Kier molecular flexibility index (Phi) is 2.33. The van der Waals surface area contributed by atoms with Gasteiger partial charge in [0.2, 0.25) is 0 Å². The Hall–Kier alpha value is -0.870. The van der Waals surface area contributed by atoms with E-state index < -0.39 is 5.97 Å². The summed E-state index contributed by atoms with van der Waals surface area (Å²) in [6, 6.07) is 2.41. The third-order valence-corrected chi connectivity index (χ3v) is 2.98. The van der Waals surface area contributed by atoms with Crippen LogP contribution in [0, 0.1) is 0 Å². The molecule has 0 aliphatic heterocycles. The van der Waals surface area contributed by atoms with E-state index in [4.69, 9.17) is 5.11 Å². The molecule has 0 spiro atoms. The summed E-state index contributed by atoms with van der Waals surface area (Å²) < 4.78 is 0. The second kappa shape index (κ2) is 3.47. The minimum Gasteiger partial charge on any atom is -0.478 e. The van der Waals surface area contributed by atoms with Crippen molar-refractivity contribution in [1.82, 2.24) is 5.32 Å². The Balaban J connectivity index is 1.92. The SMILES string of the molecule is O=C(O)c1csc(CNC2CC2)c1. The van der Waals surface area contributed by atoms with Gasteiger partial charge in [0.15, 0.2) is 0 Å². The molecule has 1 aromatic rings. The predicted octanol–water partition coefficient (Wildman–Crippen LogP) is 1.70. The number of hydrogen-bond donors (Lipinski definition) is 2. The van der Waals surface area contributed by atoms with Crippen LogP contribution in [-0.2, 0) is 6.54 Å². The molecule has 2 rings (SSSR count). The fourth-order valence-corrected chi connectivity index (χ4v) is 1.93. The van der Waals surface area contributed by atoms with Gasteiger partial charge in [-0.1, -0.05) is 0 Å². The minimum absolute atomic E-state index is 0.401. The number of nitrogens with one attached hydrogen (secondary N) is 1. The van der Waals surface area contributed by atoms with E-state index in [0.717, 1.165) is 11.4 Å². The highest BCUT2D eigenvalue weighted by Gasteiger charge is 2.20. The number of carboxylic acids is 1. The summed E-state index contributed by atoms with van der Waals surface area (Å²) in [5, 5.41) is 13.7. The van der Waals surface area contributed by atoms with Crippen LogP contribution in [0.25, 0.3) is 0 Å². The average molecular weight is 197 g/mol. The molecule has 4 heteroatoms. The maximum atomic E-state index is 10.6. The molecule has 1 aliphatic carbocycles. The molecule has 1 saturated carbocycles. The van der Waals surface area contributed by atoms with Crippen molar-refractivity contribution in [2.45, 2.75) is 25.4 Å². The second-order valence-electron chi connectivity index (χ2n) is 3.26. The number of rotatable bonds is 4. The highest BCUT2D eigenvalue weighted by Crippen LogP contribution is 2.21. The highest BCUT2D eigenvalue weighted by molar-refractivity contribution is 7.10. The topological polar surface area (TPSA) is 49.3 Å². The quantitative estimate of drug-likeness (QED) is 0.772. The number of hydrogen-bond acceptors (Lipinski definition) is 3. The smallest absolute Gasteiger partial charge is 0.336 e. The van der Waals surface area contributed by atoms with E-state index in [2.05, 4.69) is 5.32 Å². The van der Waals surface area contributed by atoms with Crippen molar-refractivity contribution in [1.29, 1.82) is 0 Å². The molecule has 0 aromatic carbocycles.